The summed E-state index contributed by atoms with van der Waals surface area (Å²) in [5, 5.41) is 8.90. The average molecular weight is 247 g/mol. The van der Waals surface area contributed by atoms with Gasteiger partial charge in [-0.05, 0) is 18.6 Å². The molecule has 1 aromatic carbocycles. The molecule has 0 bridgehead atoms. The first kappa shape index (κ1) is 13.5. The summed E-state index contributed by atoms with van der Waals surface area (Å²) in [5.74, 6) is -4.27. The number of hydrogen-bond donors (Lipinski definition) is 2. The lowest BCUT2D eigenvalue weighted by atomic mass is 9.89. The quantitative estimate of drug-likeness (QED) is 0.846. The molecule has 0 spiro atoms. The highest BCUT2D eigenvalue weighted by atomic mass is 19.2. The van der Waals surface area contributed by atoms with Gasteiger partial charge in [-0.15, -0.1) is 0 Å². The second-order valence-corrected chi connectivity index (χ2v) is 3.89. The number of nitrogens with two attached hydrogens (primary N) is 1. The number of benzene rings is 1. The Bertz CT molecular complexity index is 451. The second kappa shape index (κ2) is 4.75. The van der Waals surface area contributed by atoms with Gasteiger partial charge in [0, 0.05) is 6.42 Å². The number of aromatic hydroxyl groups is 1. The Morgan fingerprint density at radius 3 is 2.47 bits per heavy atom. The van der Waals surface area contributed by atoms with Crippen LogP contribution in [0.4, 0.5) is 13.2 Å². The monoisotopic (exact) mass is 247 g/mol. The predicted molar refractivity (Wildman–Crippen MR) is 55.3 cm³/mol. The molecular formula is C11H12F3NO2. The van der Waals surface area contributed by atoms with Gasteiger partial charge in [-0.1, -0.05) is 6.07 Å². The second-order valence-electron chi connectivity index (χ2n) is 3.89. The van der Waals surface area contributed by atoms with Crippen molar-refractivity contribution in [2.45, 2.75) is 18.9 Å². The lowest BCUT2D eigenvalue weighted by molar-refractivity contribution is -0.122. The van der Waals surface area contributed by atoms with Crippen LogP contribution >= 0.6 is 0 Å². The Morgan fingerprint density at radius 2 is 2.00 bits per heavy atom. The number of alkyl halides is 1. The van der Waals surface area contributed by atoms with E-state index in [9.17, 15) is 18.0 Å². The highest BCUT2D eigenvalue weighted by Crippen LogP contribution is 2.24. The maximum absolute atomic E-state index is 13.4. The summed E-state index contributed by atoms with van der Waals surface area (Å²) in [6.07, 6.45) is -0.470. The van der Waals surface area contributed by atoms with Crippen molar-refractivity contribution in [1.29, 1.82) is 0 Å². The molecule has 1 aromatic rings. The number of rotatable bonds is 4. The van der Waals surface area contributed by atoms with Gasteiger partial charge in [0.15, 0.2) is 17.3 Å². The Morgan fingerprint density at radius 1 is 1.41 bits per heavy atom. The third-order valence-electron chi connectivity index (χ3n) is 2.59. The molecule has 6 heteroatoms. The van der Waals surface area contributed by atoms with Crippen LogP contribution in [0.3, 0.4) is 0 Å². The number of hydrogen-bond acceptors (Lipinski definition) is 3. The van der Waals surface area contributed by atoms with Crippen molar-refractivity contribution in [1.82, 2.24) is 0 Å². The molecule has 3 nitrogen and oxygen atoms in total. The maximum atomic E-state index is 13.4. The van der Waals surface area contributed by atoms with E-state index >= 15 is 0 Å². The number of phenols is 1. The molecule has 0 amide bonds. The summed E-state index contributed by atoms with van der Waals surface area (Å²) in [6.45, 7) is -0.0987. The van der Waals surface area contributed by atoms with Crippen LogP contribution in [-0.4, -0.2) is 23.1 Å². The lowest BCUT2D eigenvalue weighted by Crippen LogP contribution is -2.51. The van der Waals surface area contributed by atoms with Gasteiger partial charge in [-0.25, -0.2) is 8.78 Å². The van der Waals surface area contributed by atoms with Gasteiger partial charge in [-0.2, -0.15) is 4.39 Å². The van der Waals surface area contributed by atoms with Crippen molar-refractivity contribution in [2.75, 3.05) is 6.67 Å². The normalized spacial score (nSPS) is 14.4. The zero-order valence-electron chi connectivity index (χ0n) is 9.14. The van der Waals surface area contributed by atoms with Gasteiger partial charge in [-0.3, -0.25) is 4.79 Å². The fourth-order valence-electron chi connectivity index (χ4n) is 1.32. The summed E-state index contributed by atoms with van der Waals surface area (Å²) in [6, 6.07) is 1.99. The Kier molecular flexibility index (Phi) is 3.77. The first-order chi connectivity index (χ1) is 7.81. The third kappa shape index (κ3) is 2.58. The molecule has 0 saturated carbocycles. The Labute approximate surface area is 96.0 Å². The van der Waals surface area contributed by atoms with Crippen molar-refractivity contribution >= 4 is 5.78 Å². The van der Waals surface area contributed by atoms with Crippen molar-refractivity contribution in [3.63, 3.8) is 0 Å². The lowest BCUT2D eigenvalue weighted by Gasteiger charge is -2.23. The van der Waals surface area contributed by atoms with Crippen molar-refractivity contribution < 1.29 is 23.1 Å². The summed E-state index contributed by atoms with van der Waals surface area (Å²) >= 11 is 0. The van der Waals surface area contributed by atoms with E-state index in [1.54, 1.807) is 0 Å². The fraction of sp³-hybridized carbons (Fsp3) is 0.364. The molecule has 0 saturated heterocycles. The van der Waals surface area contributed by atoms with Crippen LogP contribution in [0.15, 0.2) is 12.1 Å². The molecule has 0 aliphatic heterocycles. The third-order valence-corrected chi connectivity index (χ3v) is 2.59. The molecule has 0 radical (unpaired) electrons. The summed E-state index contributed by atoms with van der Waals surface area (Å²) < 4.78 is 39.1. The van der Waals surface area contributed by atoms with E-state index in [4.69, 9.17) is 10.8 Å². The number of halogens is 3. The smallest absolute Gasteiger partial charge is 0.200 e. The van der Waals surface area contributed by atoms with Crippen LogP contribution in [0, 0.1) is 11.6 Å². The number of ketones is 1. The molecule has 0 fully saturated rings. The van der Waals surface area contributed by atoms with Gasteiger partial charge >= 0.3 is 0 Å². The Hall–Kier alpha value is -1.56. The summed E-state index contributed by atoms with van der Waals surface area (Å²) in [5.41, 5.74) is 3.33. The predicted octanol–water partition coefficient (Wildman–Crippen LogP) is 1.47. The van der Waals surface area contributed by atoms with E-state index in [2.05, 4.69) is 0 Å². The van der Waals surface area contributed by atoms with E-state index in [1.165, 1.54) is 0 Å². The first-order valence-corrected chi connectivity index (χ1v) is 4.83. The Balaban J connectivity index is 3.11. The van der Waals surface area contributed by atoms with Crippen LogP contribution in [0.25, 0.3) is 0 Å². The molecule has 94 valence electrons. The number of carbonyl (C=O) groups excluding carboxylic acids is 1. The standard InChI is InChI=1S/C11H12F3NO2/c1-6(16)11(15,5-12)4-7-2-3-8(17)10(14)9(7)13/h2-3,17H,4-5,15H2,1H3/t11-/m1/s1. The first-order valence-electron chi connectivity index (χ1n) is 4.83. The number of carbonyl (C=O) groups is 1. The van der Waals surface area contributed by atoms with Crippen molar-refractivity contribution in [3.05, 3.63) is 29.3 Å². The van der Waals surface area contributed by atoms with E-state index in [1.807, 2.05) is 0 Å². The van der Waals surface area contributed by atoms with E-state index < -0.39 is 41.8 Å². The zero-order chi connectivity index (χ0) is 13.2. The average Bonchev–Trinajstić information content (AvgIpc) is 2.29. The van der Waals surface area contributed by atoms with Gasteiger partial charge in [0.2, 0.25) is 5.82 Å². The van der Waals surface area contributed by atoms with Gasteiger partial charge < -0.3 is 10.8 Å². The minimum absolute atomic E-state index is 0.254. The molecule has 0 aliphatic rings. The molecule has 0 aromatic heterocycles. The van der Waals surface area contributed by atoms with Crippen LogP contribution in [-0.2, 0) is 11.2 Å². The van der Waals surface area contributed by atoms with Crippen LogP contribution in [0.1, 0.15) is 12.5 Å². The van der Waals surface area contributed by atoms with Crippen molar-refractivity contribution in [3.8, 4) is 5.75 Å². The topological polar surface area (TPSA) is 63.3 Å². The SMILES string of the molecule is CC(=O)[C@](N)(CF)Cc1ccc(O)c(F)c1F. The molecule has 17 heavy (non-hydrogen) atoms. The molecule has 3 N–H and O–H groups in total. The van der Waals surface area contributed by atoms with Crippen LogP contribution in [0.2, 0.25) is 0 Å². The molecule has 0 aliphatic carbocycles. The number of Topliss-reactive ketones (excluding diaryl/α,β-unsaturated/α-hetero) is 1. The highest BCUT2D eigenvalue weighted by Gasteiger charge is 2.32. The fourth-order valence-corrected chi connectivity index (χ4v) is 1.32. The van der Waals surface area contributed by atoms with Gasteiger partial charge in [0.25, 0.3) is 0 Å². The highest BCUT2D eigenvalue weighted by molar-refractivity contribution is 5.86. The van der Waals surface area contributed by atoms with Crippen molar-refractivity contribution in [2.24, 2.45) is 5.73 Å². The van der Waals surface area contributed by atoms with E-state index in [0.717, 1.165) is 19.1 Å². The van der Waals surface area contributed by atoms with Gasteiger partial charge in [0.05, 0.1) is 0 Å². The van der Waals surface area contributed by atoms with Crippen LogP contribution in [0.5, 0.6) is 5.75 Å². The van der Waals surface area contributed by atoms with E-state index in [0.29, 0.717) is 0 Å². The molecule has 1 atom stereocenters. The summed E-state index contributed by atoms with van der Waals surface area (Å²) in [7, 11) is 0. The molecular weight excluding hydrogens is 235 g/mol. The largest absolute Gasteiger partial charge is 0.505 e. The minimum atomic E-state index is -1.87. The maximum Gasteiger partial charge on any atom is 0.200 e. The summed E-state index contributed by atoms with van der Waals surface area (Å²) in [4.78, 5) is 11.1. The van der Waals surface area contributed by atoms with Gasteiger partial charge in [0.1, 0.15) is 12.2 Å². The van der Waals surface area contributed by atoms with Crippen LogP contribution < -0.4 is 5.73 Å². The minimum Gasteiger partial charge on any atom is -0.505 e. The molecule has 1 rings (SSSR count). The molecule has 0 heterocycles. The number of phenolic OH excluding ortho intramolecular Hbond substituents is 1. The van der Waals surface area contributed by atoms with E-state index in [-0.39, 0.29) is 5.56 Å². The molecule has 0 unspecified atom stereocenters. The zero-order valence-corrected chi connectivity index (χ0v) is 9.14.